The van der Waals surface area contributed by atoms with Crippen LogP contribution in [-0.4, -0.2) is 16.3 Å². The minimum Gasteiger partial charge on any atom is -0.305 e. The minimum absolute atomic E-state index is 0.0978. The summed E-state index contributed by atoms with van der Waals surface area (Å²) in [5.41, 5.74) is 1.86. The Kier molecular flexibility index (Phi) is 5.35. The van der Waals surface area contributed by atoms with Gasteiger partial charge >= 0.3 is 0 Å². The number of hydrogen-bond acceptors (Lipinski definition) is 2. The lowest BCUT2D eigenvalue weighted by atomic mass is 10.0. The highest BCUT2D eigenvalue weighted by molar-refractivity contribution is 9.10. The summed E-state index contributed by atoms with van der Waals surface area (Å²) in [4.78, 5) is 0. The maximum Gasteiger partial charge on any atom is 0.137 e. The van der Waals surface area contributed by atoms with Gasteiger partial charge in [0.25, 0.3) is 0 Å². The lowest BCUT2D eigenvalue weighted by Gasteiger charge is -2.20. The van der Waals surface area contributed by atoms with Gasteiger partial charge in [0.15, 0.2) is 0 Å². The average molecular weight is 405 g/mol. The molecule has 0 aliphatic carbocycles. The topological polar surface area (TPSA) is 29.9 Å². The van der Waals surface area contributed by atoms with Crippen molar-refractivity contribution in [2.45, 2.75) is 19.4 Å². The zero-order chi connectivity index (χ0) is 14.7. The van der Waals surface area contributed by atoms with Crippen molar-refractivity contribution in [2.24, 2.45) is 7.05 Å². The van der Waals surface area contributed by atoms with Gasteiger partial charge < -0.3 is 5.32 Å². The molecule has 1 unspecified atom stereocenters. The Balaban J connectivity index is 2.44. The van der Waals surface area contributed by atoms with Crippen LogP contribution in [0.1, 0.15) is 30.6 Å². The van der Waals surface area contributed by atoms with Crippen LogP contribution in [0.4, 0.5) is 4.39 Å². The molecule has 3 nitrogen and oxygen atoms in total. The summed E-state index contributed by atoms with van der Waals surface area (Å²) >= 11 is 6.70. The molecule has 1 heterocycles. The van der Waals surface area contributed by atoms with Crippen LogP contribution in [0.15, 0.2) is 33.3 Å². The van der Waals surface area contributed by atoms with Crippen molar-refractivity contribution in [1.82, 2.24) is 15.1 Å². The fraction of sp³-hybridized carbons (Fsp3) is 0.357. The molecule has 1 atom stereocenters. The molecular weight excluding hydrogens is 389 g/mol. The molecule has 0 spiro atoms. The fourth-order valence-electron chi connectivity index (χ4n) is 2.10. The molecule has 1 aromatic heterocycles. The van der Waals surface area contributed by atoms with Gasteiger partial charge in [-0.1, -0.05) is 13.0 Å². The molecule has 108 valence electrons. The first-order valence-electron chi connectivity index (χ1n) is 6.40. The standard InChI is InChI=1S/C14H16Br2FN3/c1-3-6-18-13(14-11(16)8-19-20(14)2)9-4-5-10(15)12(17)7-9/h4-5,7-8,13,18H,3,6H2,1-2H3. The Bertz CT molecular complexity index is 579. The highest BCUT2D eigenvalue weighted by Crippen LogP contribution is 2.30. The van der Waals surface area contributed by atoms with Crippen LogP contribution >= 0.6 is 31.9 Å². The molecule has 0 fully saturated rings. The minimum atomic E-state index is -0.260. The monoisotopic (exact) mass is 403 g/mol. The van der Waals surface area contributed by atoms with E-state index in [9.17, 15) is 4.39 Å². The Morgan fingerprint density at radius 2 is 2.10 bits per heavy atom. The summed E-state index contributed by atoms with van der Waals surface area (Å²) < 4.78 is 17.0. The zero-order valence-electron chi connectivity index (χ0n) is 11.3. The van der Waals surface area contributed by atoms with Gasteiger partial charge in [-0.15, -0.1) is 0 Å². The van der Waals surface area contributed by atoms with Gasteiger partial charge in [-0.3, -0.25) is 4.68 Å². The molecule has 0 saturated heterocycles. The first-order chi connectivity index (χ1) is 9.54. The smallest absolute Gasteiger partial charge is 0.137 e. The van der Waals surface area contributed by atoms with Crippen molar-refractivity contribution in [2.75, 3.05) is 6.54 Å². The SMILES string of the molecule is CCCNC(c1ccc(Br)c(F)c1)c1c(Br)cnn1C. The van der Waals surface area contributed by atoms with Gasteiger partial charge in [0.1, 0.15) is 5.82 Å². The van der Waals surface area contributed by atoms with Crippen molar-refractivity contribution in [1.29, 1.82) is 0 Å². The summed E-state index contributed by atoms with van der Waals surface area (Å²) in [5, 5.41) is 7.68. The number of halogens is 3. The number of aryl methyl sites for hydroxylation is 1. The first-order valence-corrected chi connectivity index (χ1v) is 7.99. The molecule has 1 N–H and O–H groups in total. The van der Waals surface area contributed by atoms with Gasteiger partial charge in [0.05, 0.1) is 26.9 Å². The van der Waals surface area contributed by atoms with Crippen molar-refractivity contribution in [3.05, 3.63) is 50.4 Å². The van der Waals surface area contributed by atoms with E-state index in [2.05, 4.69) is 49.2 Å². The third-order valence-electron chi connectivity index (χ3n) is 3.09. The number of rotatable bonds is 5. The normalized spacial score (nSPS) is 12.7. The molecule has 0 radical (unpaired) electrons. The van der Waals surface area contributed by atoms with Crippen LogP contribution in [0.5, 0.6) is 0 Å². The molecule has 1 aromatic carbocycles. The Labute approximate surface area is 134 Å². The van der Waals surface area contributed by atoms with E-state index < -0.39 is 0 Å². The summed E-state index contributed by atoms with van der Waals surface area (Å²) in [6.45, 7) is 2.95. The van der Waals surface area contributed by atoms with Gasteiger partial charge in [-0.05, 0) is 62.5 Å². The number of nitrogens with one attached hydrogen (secondary N) is 1. The summed E-state index contributed by atoms with van der Waals surface area (Å²) in [6.07, 6.45) is 2.76. The Morgan fingerprint density at radius 3 is 2.65 bits per heavy atom. The van der Waals surface area contributed by atoms with Crippen molar-refractivity contribution in [3.8, 4) is 0 Å². The Hall–Kier alpha value is -0.720. The number of hydrogen-bond donors (Lipinski definition) is 1. The van der Waals surface area contributed by atoms with E-state index in [1.54, 1.807) is 23.0 Å². The molecule has 20 heavy (non-hydrogen) atoms. The van der Waals surface area contributed by atoms with Gasteiger partial charge in [-0.25, -0.2) is 4.39 Å². The molecule has 0 saturated carbocycles. The van der Waals surface area contributed by atoms with Crippen molar-refractivity contribution in [3.63, 3.8) is 0 Å². The molecule has 0 amide bonds. The van der Waals surface area contributed by atoms with E-state index in [1.807, 2.05) is 13.1 Å². The molecular formula is C14H16Br2FN3. The maximum atomic E-state index is 13.8. The van der Waals surface area contributed by atoms with E-state index >= 15 is 0 Å². The summed E-state index contributed by atoms with van der Waals surface area (Å²) in [7, 11) is 1.88. The largest absolute Gasteiger partial charge is 0.305 e. The van der Waals surface area contributed by atoms with Crippen molar-refractivity contribution < 1.29 is 4.39 Å². The number of nitrogens with zero attached hydrogens (tertiary/aromatic N) is 2. The lowest BCUT2D eigenvalue weighted by molar-refractivity contribution is 0.545. The molecule has 0 aliphatic rings. The third kappa shape index (κ3) is 3.30. The fourth-order valence-corrected chi connectivity index (χ4v) is 2.92. The second-order valence-electron chi connectivity index (χ2n) is 4.56. The number of benzene rings is 1. The van der Waals surface area contributed by atoms with E-state index in [4.69, 9.17) is 0 Å². The quantitative estimate of drug-likeness (QED) is 0.810. The van der Waals surface area contributed by atoms with E-state index in [1.165, 1.54) is 0 Å². The molecule has 0 bridgehead atoms. The van der Waals surface area contributed by atoms with E-state index in [-0.39, 0.29) is 11.9 Å². The highest BCUT2D eigenvalue weighted by Gasteiger charge is 2.21. The molecule has 6 heteroatoms. The van der Waals surface area contributed by atoms with Crippen molar-refractivity contribution >= 4 is 31.9 Å². The predicted molar refractivity (Wildman–Crippen MR) is 85.1 cm³/mol. The van der Waals surface area contributed by atoms with Gasteiger partial charge in [0, 0.05) is 7.05 Å². The van der Waals surface area contributed by atoms with Crippen LogP contribution in [0.3, 0.4) is 0 Å². The first kappa shape index (κ1) is 15.7. The second-order valence-corrected chi connectivity index (χ2v) is 6.27. The molecule has 2 rings (SSSR count). The lowest BCUT2D eigenvalue weighted by Crippen LogP contribution is -2.25. The predicted octanol–water partition coefficient (Wildman–Crippen LogP) is 4.17. The molecule has 0 aliphatic heterocycles. The third-order valence-corrected chi connectivity index (χ3v) is 4.34. The summed E-state index contributed by atoms with van der Waals surface area (Å²) in [5.74, 6) is -0.260. The zero-order valence-corrected chi connectivity index (χ0v) is 14.5. The Morgan fingerprint density at radius 1 is 1.35 bits per heavy atom. The van der Waals surface area contributed by atoms with Crippen LogP contribution in [0, 0.1) is 5.82 Å². The summed E-state index contributed by atoms with van der Waals surface area (Å²) in [6, 6.07) is 5.10. The maximum absolute atomic E-state index is 13.8. The van der Waals surface area contributed by atoms with Crippen LogP contribution in [0.25, 0.3) is 0 Å². The van der Waals surface area contributed by atoms with E-state index in [0.29, 0.717) is 4.47 Å². The van der Waals surface area contributed by atoms with Crippen LogP contribution in [0.2, 0.25) is 0 Å². The average Bonchev–Trinajstić information content (AvgIpc) is 2.75. The van der Waals surface area contributed by atoms with Gasteiger partial charge in [-0.2, -0.15) is 5.10 Å². The van der Waals surface area contributed by atoms with Crippen LogP contribution < -0.4 is 5.32 Å². The number of aromatic nitrogens is 2. The van der Waals surface area contributed by atoms with Crippen LogP contribution in [-0.2, 0) is 7.05 Å². The molecule has 2 aromatic rings. The van der Waals surface area contributed by atoms with Gasteiger partial charge in [0.2, 0.25) is 0 Å². The second kappa shape index (κ2) is 6.83. The highest BCUT2D eigenvalue weighted by atomic mass is 79.9. The van der Waals surface area contributed by atoms with E-state index in [0.717, 1.165) is 28.7 Å².